The molecule has 0 aliphatic heterocycles. The number of nitrogens with zero attached hydrogens (tertiary/aromatic N) is 2. The van der Waals surface area contributed by atoms with Gasteiger partial charge in [0.1, 0.15) is 5.56 Å². The number of carbonyl (C=O) groups is 1. The lowest BCUT2D eigenvalue weighted by Gasteiger charge is -2.12. The van der Waals surface area contributed by atoms with Crippen LogP contribution >= 0.6 is 0 Å². The van der Waals surface area contributed by atoms with Crippen molar-refractivity contribution in [1.82, 2.24) is 4.31 Å². The van der Waals surface area contributed by atoms with Crippen LogP contribution in [-0.4, -0.2) is 55.1 Å². The Bertz CT molecular complexity index is 656. The normalized spacial score (nSPS) is 11.4. The Morgan fingerprint density at radius 1 is 1.43 bits per heavy atom. The third kappa shape index (κ3) is 4.39. The minimum Gasteiger partial charge on any atom is -0.477 e. The van der Waals surface area contributed by atoms with E-state index < -0.39 is 32.2 Å². The Morgan fingerprint density at radius 3 is 2.52 bits per heavy atom. The molecule has 21 heavy (non-hydrogen) atoms. The summed E-state index contributed by atoms with van der Waals surface area (Å²) >= 11 is 0. The summed E-state index contributed by atoms with van der Waals surface area (Å²) in [6, 6.07) is 3.49. The highest BCUT2D eigenvalue weighted by molar-refractivity contribution is 7.89. The number of hydrogen-bond donors (Lipinski definition) is 2. The van der Waals surface area contributed by atoms with E-state index in [0.29, 0.717) is 5.69 Å². The van der Waals surface area contributed by atoms with Gasteiger partial charge in [-0.05, 0) is 12.1 Å². The predicted molar refractivity (Wildman–Crippen MR) is 76.0 cm³/mol. The van der Waals surface area contributed by atoms with E-state index in [1.165, 1.54) is 20.2 Å². The molecular formula is C11H15N3O6S. The summed E-state index contributed by atoms with van der Waals surface area (Å²) in [5.74, 6) is -1.61. The molecule has 116 valence electrons. The average Bonchev–Trinajstić information content (AvgIpc) is 2.37. The Hall–Kier alpha value is -2.20. The van der Waals surface area contributed by atoms with Crippen LogP contribution in [0.2, 0.25) is 0 Å². The van der Waals surface area contributed by atoms with Gasteiger partial charge in [0.15, 0.2) is 0 Å². The number of rotatable bonds is 7. The summed E-state index contributed by atoms with van der Waals surface area (Å²) in [6.45, 7) is 0.0530. The van der Waals surface area contributed by atoms with Crippen molar-refractivity contribution in [3.63, 3.8) is 0 Å². The molecule has 1 aromatic rings. The molecule has 0 heterocycles. The fourth-order valence-corrected chi connectivity index (χ4v) is 2.21. The van der Waals surface area contributed by atoms with Crippen molar-refractivity contribution >= 4 is 27.4 Å². The molecule has 9 nitrogen and oxygen atoms in total. The molecule has 0 radical (unpaired) electrons. The van der Waals surface area contributed by atoms with Crippen LogP contribution in [0.5, 0.6) is 0 Å². The SMILES string of the molecule is CN(C)S(=O)(=O)CCNc1ccc([N+](=O)[O-])c(C(=O)O)c1. The van der Waals surface area contributed by atoms with Crippen molar-refractivity contribution in [1.29, 1.82) is 0 Å². The Balaban J connectivity index is 2.85. The highest BCUT2D eigenvalue weighted by atomic mass is 32.2. The topological polar surface area (TPSA) is 130 Å². The summed E-state index contributed by atoms with van der Waals surface area (Å²) in [4.78, 5) is 20.9. The van der Waals surface area contributed by atoms with E-state index in [1.54, 1.807) is 0 Å². The maximum atomic E-state index is 11.5. The first-order valence-corrected chi connectivity index (χ1v) is 7.42. The van der Waals surface area contributed by atoms with E-state index in [2.05, 4.69) is 5.32 Å². The van der Waals surface area contributed by atoms with E-state index in [4.69, 9.17) is 5.11 Å². The van der Waals surface area contributed by atoms with E-state index in [0.717, 1.165) is 16.4 Å². The first kappa shape index (κ1) is 16.9. The molecule has 0 saturated carbocycles. The second-order valence-electron chi connectivity index (χ2n) is 4.32. The van der Waals surface area contributed by atoms with Gasteiger partial charge >= 0.3 is 5.97 Å². The first-order valence-electron chi connectivity index (χ1n) is 5.81. The number of anilines is 1. The van der Waals surface area contributed by atoms with Crippen molar-refractivity contribution in [2.75, 3.05) is 31.7 Å². The molecule has 2 N–H and O–H groups in total. The zero-order valence-corrected chi connectivity index (χ0v) is 12.3. The van der Waals surface area contributed by atoms with Gasteiger partial charge in [0.2, 0.25) is 10.0 Å². The number of aromatic carboxylic acids is 1. The van der Waals surface area contributed by atoms with Gasteiger partial charge in [-0.3, -0.25) is 10.1 Å². The van der Waals surface area contributed by atoms with Gasteiger partial charge in [0.25, 0.3) is 5.69 Å². The lowest BCUT2D eigenvalue weighted by molar-refractivity contribution is -0.385. The largest absolute Gasteiger partial charge is 0.477 e. The van der Waals surface area contributed by atoms with Crippen LogP contribution < -0.4 is 5.32 Å². The fraction of sp³-hybridized carbons (Fsp3) is 0.364. The van der Waals surface area contributed by atoms with Gasteiger partial charge < -0.3 is 10.4 Å². The zero-order valence-electron chi connectivity index (χ0n) is 11.4. The van der Waals surface area contributed by atoms with Crippen molar-refractivity contribution in [3.05, 3.63) is 33.9 Å². The van der Waals surface area contributed by atoms with Gasteiger partial charge in [-0.1, -0.05) is 0 Å². The van der Waals surface area contributed by atoms with Crippen molar-refractivity contribution in [2.24, 2.45) is 0 Å². The summed E-state index contributed by atoms with van der Waals surface area (Å²) in [7, 11) is -0.557. The second kappa shape index (κ2) is 6.50. The number of hydrogen-bond acceptors (Lipinski definition) is 6. The van der Waals surface area contributed by atoms with Crippen molar-refractivity contribution < 1.29 is 23.2 Å². The molecule has 0 aliphatic rings. The molecule has 0 atom stereocenters. The number of carboxylic acids is 1. The predicted octanol–water partition coefficient (Wildman–Crippen LogP) is 0.596. The molecule has 0 aliphatic carbocycles. The number of nitrogens with one attached hydrogen (secondary N) is 1. The molecule has 0 amide bonds. The van der Waals surface area contributed by atoms with Crippen LogP contribution in [-0.2, 0) is 10.0 Å². The number of benzene rings is 1. The highest BCUT2D eigenvalue weighted by Gasteiger charge is 2.20. The van der Waals surface area contributed by atoms with E-state index in [9.17, 15) is 23.3 Å². The molecule has 0 unspecified atom stereocenters. The molecule has 0 aromatic heterocycles. The maximum absolute atomic E-state index is 11.5. The average molecular weight is 317 g/mol. The van der Waals surface area contributed by atoms with Crippen LogP contribution in [0.15, 0.2) is 18.2 Å². The standard InChI is InChI=1S/C11H15N3O6S/c1-13(2)21(19,20)6-5-12-8-3-4-10(14(17)18)9(7-8)11(15)16/h3-4,7,12H,5-6H2,1-2H3,(H,15,16). The zero-order chi connectivity index (χ0) is 16.2. The summed E-state index contributed by atoms with van der Waals surface area (Å²) < 4.78 is 24.2. The summed E-state index contributed by atoms with van der Waals surface area (Å²) in [5, 5.41) is 22.4. The van der Waals surface area contributed by atoms with Crippen LogP contribution in [0.1, 0.15) is 10.4 Å². The molecule has 0 fully saturated rings. The van der Waals surface area contributed by atoms with E-state index in [1.807, 2.05) is 0 Å². The minimum atomic E-state index is -3.37. The lowest BCUT2D eigenvalue weighted by atomic mass is 10.1. The molecule has 0 bridgehead atoms. The quantitative estimate of drug-likeness (QED) is 0.556. The van der Waals surface area contributed by atoms with E-state index >= 15 is 0 Å². The Morgan fingerprint density at radius 2 is 2.05 bits per heavy atom. The smallest absolute Gasteiger partial charge is 0.342 e. The van der Waals surface area contributed by atoms with Crippen LogP contribution in [0, 0.1) is 10.1 Å². The summed E-state index contributed by atoms with van der Waals surface area (Å²) in [5.41, 5.74) is -0.679. The number of nitro groups is 1. The van der Waals surface area contributed by atoms with Gasteiger partial charge in [0.05, 0.1) is 10.7 Å². The van der Waals surface area contributed by atoms with E-state index in [-0.39, 0.29) is 12.3 Å². The lowest BCUT2D eigenvalue weighted by Crippen LogP contribution is -2.28. The van der Waals surface area contributed by atoms with Crippen LogP contribution in [0.3, 0.4) is 0 Å². The molecule has 0 saturated heterocycles. The number of nitro benzene ring substituents is 1. The fourth-order valence-electron chi connectivity index (χ4n) is 1.48. The molecule has 10 heteroatoms. The van der Waals surface area contributed by atoms with Gasteiger partial charge in [-0.25, -0.2) is 17.5 Å². The maximum Gasteiger partial charge on any atom is 0.342 e. The monoisotopic (exact) mass is 317 g/mol. The molecular weight excluding hydrogens is 302 g/mol. The Kier molecular flexibility index (Phi) is 5.22. The van der Waals surface area contributed by atoms with Crippen LogP contribution in [0.25, 0.3) is 0 Å². The third-order valence-electron chi connectivity index (χ3n) is 2.67. The highest BCUT2D eigenvalue weighted by Crippen LogP contribution is 2.22. The van der Waals surface area contributed by atoms with Gasteiger partial charge in [-0.15, -0.1) is 0 Å². The first-order chi connectivity index (χ1) is 9.65. The Labute approximate surface area is 121 Å². The number of carboxylic acid groups (broad SMARTS) is 1. The minimum absolute atomic E-state index is 0.0530. The summed E-state index contributed by atoms with van der Waals surface area (Å²) in [6.07, 6.45) is 0. The van der Waals surface area contributed by atoms with Gasteiger partial charge in [-0.2, -0.15) is 0 Å². The number of sulfonamides is 1. The van der Waals surface area contributed by atoms with Crippen LogP contribution in [0.4, 0.5) is 11.4 Å². The molecule has 1 rings (SSSR count). The molecule has 1 aromatic carbocycles. The molecule has 0 spiro atoms. The third-order valence-corrected chi connectivity index (χ3v) is 4.50. The van der Waals surface area contributed by atoms with Gasteiger partial charge in [0, 0.05) is 32.4 Å². The second-order valence-corrected chi connectivity index (χ2v) is 6.62. The van der Waals surface area contributed by atoms with Crippen molar-refractivity contribution in [2.45, 2.75) is 0 Å². The van der Waals surface area contributed by atoms with Crippen molar-refractivity contribution in [3.8, 4) is 0 Å².